The molecule has 0 aromatic rings. The number of rotatable bonds is 4. The molecule has 0 spiro atoms. The number of nitrogens with one attached hydrogen (secondary N) is 1. The van der Waals surface area contributed by atoms with Gasteiger partial charge in [-0.1, -0.05) is 26.7 Å². The number of hydrogen-bond acceptors (Lipinski definition) is 2. The van der Waals surface area contributed by atoms with Crippen LogP contribution in [0, 0.1) is 11.8 Å². The Balaban J connectivity index is 2.67. The third-order valence-corrected chi connectivity index (χ3v) is 3.87. The van der Waals surface area contributed by atoms with Gasteiger partial charge in [-0.3, -0.25) is 4.79 Å². The molecule has 88 valence electrons. The lowest BCUT2D eigenvalue weighted by atomic mass is 9.70. The summed E-state index contributed by atoms with van der Waals surface area (Å²) in [7, 11) is 1.95. The minimum atomic E-state index is -0.186. The zero-order valence-electron chi connectivity index (χ0n) is 10.2. The average Bonchev–Trinajstić information content (AvgIpc) is 2.17. The number of hydrogen-bond donors (Lipinski definition) is 2. The molecule has 0 heterocycles. The standard InChI is InChI=1S/C12H24N2O/c1-9(2)10-5-4-6-12(7-10,14-3)8-11(13)15/h9-10,14H,4-8H2,1-3H3,(H2,13,15). The summed E-state index contributed by atoms with van der Waals surface area (Å²) in [6.07, 6.45) is 5.14. The minimum absolute atomic E-state index is 0.0288. The Bertz CT molecular complexity index is 228. The van der Waals surface area contributed by atoms with E-state index in [-0.39, 0.29) is 11.4 Å². The topological polar surface area (TPSA) is 55.1 Å². The van der Waals surface area contributed by atoms with E-state index in [1.165, 1.54) is 12.8 Å². The molecule has 1 rings (SSSR count). The van der Waals surface area contributed by atoms with Crippen molar-refractivity contribution >= 4 is 5.91 Å². The van der Waals surface area contributed by atoms with E-state index in [1.807, 2.05) is 7.05 Å². The third-order valence-electron chi connectivity index (χ3n) is 3.87. The minimum Gasteiger partial charge on any atom is -0.370 e. The van der Waals surface area contributed by atoms with E-state index >= 15 is 0 Å². The molecule has 1 saturated carbocycles. The van der Waals surface area contributed by atoms with E-state index in [2.05, 4.69) is 19.2 Å². The molecule has 1 aliphatic carbocycles. The molecule has 0 aromatic heterocycles. The third kappa shape index (κ3) is 3.20. The molecule has 0 aromatic carbocycles. The van der Waals surface area contributed by atoms with E-state index in [1.54, 1.807) is 0 Å². The van der Waals surface area contributed by atoms with Crippen LogP contribution in [0.15, 0.2) is 0 Å². The highest BCUT2D eigenvalue weighted by molar-refractivity contribution is 5.75. The van der Waals surface area contributed by atoms with Crippen LogP contribution in [0.1, 0.15) is 46.0 Å². The zero-order chi connectivity index (χ0) is 11.5. The number of carbonyl (C=O) groups excluding carboxylic acids is 1. The quantitative estimate of drug-likeness (QED) is 0.744. The van der Waals surface area contributed by atoms with Crippen molar-refractivity contribution in [1.82, 2.24) is 5.32 Å². The molecular weight excluding hydrogens is 188 g/mol. The highest BCUT2D eigenvalue weighted by atomic mass is 16.1. The van der Waals surface area contributed by atoms with Crippen LogP contribution in [-0.2, 0) is 4.79 Å². The van der Waals surface area contributed by atoms with Crippen molar-refractivity contribution in [2.24, 2.45) is 17.6 Å². The Labute approximate surface area is 92.8 Å². The molecule has 1 amide bonds. The van der Waals surface area contributed by atoms with Gasteiger partial charge in [-0.25, -0.2) is 0 Å². The van der Waals surface area contributed by atoms with Gasteiger partial charge >= 0.3 is 0 Å². The van der Waals surface area contributed by atoms with Gasteiger partial charge < -0.3 is 11.1 Å². The Kier molecular flexibility index (Phi) is 4.14. The lowest BCUT2D eigenvalue weighted by Crippen LogP contribution is -2.50. The Morgan fingerprint density at radius 1 is 1.60 bits per heavy atom. The van der Waals surface area contributed by atoms with Gasteiger partial charge in [0.2, 0.25) is 5.91 Å². The fourth-order valence-corrected chi connectivity index (χ4v) is 2.79. The van der Waals surface area contributed by atoms with Crippen molar-refractivity contribution in [3.05, 3.63) is 0 Å². The van der Waals surface area contributed by atoms with Crippen molar-refractivity contribution in [1.29, 1.82) is 0 Å². The monoisotopic (exact) mass is 212 g/mol. The molecule has 0 aliphatic heterocycles. The molecule has 0 radical (unpaired) electrons. The van der Waals surface area contributed by atoms with E-state index in [0.29, 0.717) is 12.3 Å². The van der Waals surface area contributed by atoms with Gasteiger partial charge in [0, 0.05) is 12.0 Å². The molecule has 15 heavy (non-hydrogen) atoms. The molecule has 3 N–H and O–H groups in total. The van der Waals surface area contributed by atoms with Gasteiger partial charge in [0.15, 0.2) is 0 Å². The zero-order valence-corrected chi connectivity index (χ0v) is 10.2. The van der Waals surface area contributed by atoms with Crippen LogP contribution < -0.4 is 11.1 Å². The van der Waals surface area contributed by atoms with Crippen LogP contribution in [0.5, 0.6) is 0 Å². The fourth-order valence-electron chi connectivity index (χ4n) is 2.79. The van der Waals surface area contributed by atoms with Gasteiger partial charge in [-0.2, -0.15) is 0 Å². The smallest absolute Gasteiger partial charge is 0.219 e. The van der Waals surface area contributed by atoms with Crippen LogP contribution >= 0.6 is 0 Å². The number of amides is 1. The fraction of sp³-hybridized carbons (Fsp3) is 0.917. The van der Waals surface area contributed by atoms with Crippen LogP contribution in [0.25, 0.3) is 0 Å². The summed E-state index contributed by atoms with van der Waals surface area (Å²) in [4.78, 5) is 11.1. The van der Waals surface area contributed by atoms with Crippen molar-refractivity contribution < 1.29 is 4.79 Å². The van der Waals surface area contributed by atoms with Gasteiger partial charge in [0.25, 0.3) is 0 Å². The molecule has 3 heteroatoms. The predicted octanol–water partition coefficient (Wildman–Crippen LogP) is 1.67. The molecule has 0 saturated heterocycles. The van der Waals surface area contributed by atoms with E-state index in [0.717, 1.165) is 18.8 Å². The number of nitrogens with two attached hydrogens (primary N) is 1. The molecule has 3 nitrogen and oxygen atoms in total. The first-order chi connectivity index (χ1) is 6.99. The lowest BCUT2D eigenvalue weighted by Gasteiger charge is -2.41. The highest BCUT2D eigenvalue weighted by Gasteiger charge is 2.37. The Morgan fingerprint density at radius 3 is 2.73 bits per heavy atom. The molecule has 0 bridgehead atoms. The second-order valence-corrected chi connectivity index (χ2v) is 5.27. The SMILES string of the molecule is CNC1(CC(N)=O)CCCC(C(C)C)C1. The van der Waals surface area contributed by atoms with Crippen LogP contribution in [0.2, 0.25) is 0 Å². The van der Waals surface area contributed by atoms with Crippen LogP contribution in [0.4, 0.5) is 0 Å². The highest BCUT2D eigenvalue weighted by Crippen LogP contribution is 2.37. The van der Waals surface area contributed by atoms with Crippen LogP contribution in [-0.4, -0.2) is 18.5 Å². The number of carbonyl (C=O) groups is 1. The summed E-state index contributed by atoms with van der Waals surface area (Å²) in [5.41, 5.74) is 5.30. The summed E-state index contributed by atoms with van der Waals surface area (Å²) in [6.45, 7) is 4.53. The largest absolute Gasteiger partial charge is 0.370 e. The maximum atomic E-state index is 11.1. The van der Waals surface area contributed by atoms with Crippen molar-refractivity contribution in [3.63, 3.8) is 0 Å². The summed E-state index contributed by atoms with van der Waals surface area (Å²) >= 11 is 0. The van der Waals surface area contributed by atoms with Gasteiger partial charge in [-0.05, 0) is 31.7 Å². The Morgan fingerprint density at radius 2 is 2.27 bits per heavy atom. The van der Waals surface area contributed by atoms with Gasteiger partial charge in [0.05, 0.1) is 0 Å². The summed E-state index contributed by atoms with van der Waals surface area (Å²) in [6, 6.07) is 0. The first kappa shape index (κ1) is 12.5. The first-order valence-electron chi connectivity index (χ1n) is 5.96. The second kappa shape index (κ2) is 4.97. The summed E-state index contributed by atoms with van der Waals surface area (Å²) in [5, 5.41) is 3.33. The van der Waals surface area contributed by atoms with E-state index < -0.39 is 0 Å². The summed E-state index contributed by atoms with van der Waals surface area (Å²) in [5.74, 6) is 1.24. The van der Waals surface area contributed by atoms with Crippen molar-refractivity contribution in [2.75, 3.05) is 7.05 Å². The maximum absolute atomic E-state index is 11.1. The van der Waals surface area contributed by atoms with Gasteiger partial charge in [0.1, 0.15) is 0 Å². The lowest BCUT2D eigenvalue weighted by molar-refractivity contribution is -0.120. The van der Waals surface area contributed by atoms with Gasteiger partial charge in [-0.15, -0.1) is 0 Å². The van der Waals surface area contributed by atoms with E-state index in [4.69, 9.17) is 5.73 Å². The Hall–Kier alpha value is -0.570. The second-order valence-electron chi connectivity index (χ2n) is 5.27. The summed E-state index contributed by atoms with van der Waals surface area (Å²) < 4.78 is 0. The van der Waals surface area contributed by atoms with Crippen LogP contribution in [0.3, 0.4) is 0 Å². The molecule has 2 unspecified atom stereocenters. The maximum Gasteiger partial charge on any atom is 0.219 e. The van der Waals surface area contributed by atoms with Crippen molar-refractivity contribution in [2.45, 2.75) is 51.5 Å². The molecule has 1 fully saturated rings. The molecular formula is C12H24N2O. The number of primary amides is 1. The van der Waals surface area contributed by atoms with E-state index in [9.17, 15) is 4.79 Å². The normalized spacial score (nSPS) is 31.9. The average molecular weight is 212 g/mol. The molecule has 1 aliphatic rings. The molecule has 2 atom stereocenters. The first-order valence-corrected chi connectivity index (χ1v) is 5.96. The van der Waals surface area contributed by atoms with Crippen molar-refractivity contribution in [3.8, 4) is 0 Å². The predicted molar refractivity (Wildman–Crippen MR) is 62.4 cm³/mol.